The third kappa shape index (κ3) is 4.78. The number of aromatic nitrogens is 2. The molecule has 0 aliphatic carbocycles. The summed E-state index contributed by atoms with van der Waals surface area (Å²) >= 11 is 6.02. The number of anilines is 2. The van der Waals surface area contributed by atoms with Crippen LogP contribution in [0.4, 0.5) is 11.6 Å². The predicted octanol–water partition coefficient (Wildman–Crippen LogP) is 4.62. The van der Waals surface area contributed by atoms with E-state index in [0.717, 1.165) is 16.9 Å². The number of aryl methyl sites for hydroxylation is 2. The lowest BCUT2D eigenvalue weighted by Gasteiger charge is -2.12. The van der Waals surface area contributed by atoms with Crippen LogP contribution >= 0.6 is 11.6 Å². The zero-order valence-electron chi connectivity index (χ0n) is 15.9. The molecule has 6 nitrogen and oxygen atoms in total. The summed E-state index contributed by atoms with van der Waals surface area (Å²) in [7, 11) is 1.63. The van der Waals surface area contributed by atoms with Crippen LogP contribution in [0, 0.1) is 13.8 Å². The maximum absolute atomic E-state index is 12.7. The van der Waals surface area contributed by atoms with E-state index in [-0.39, 0.29) is 11.6 Å². The highest BCUT2D eigenvalue weighted by molar-refractivity contribution is 6.31. The standard InChI is InChI=1S/C21H21ClN4O2/c1-13-8-9-16(22)11-17(13)25-20(27)18-10-14(2)24-21(26-18)23-12-15-6-4-5-7-19(15)28-3/h4-11H,12H2,1-3H3,(H,25,27)(H,23,24,26). The Bertz CT molecular complexity index is 1010. The lowest BCUT2D eigenvalue weighted by Crippen LogP contribution is -2.16. The van der Waals surface area contributed by atoms with Gasteiger partial charge in [-0.15, -0.1) is 0 Å². The van der Waals surface area contributed by atoms with Gasteiger partial charge in [-0.2, -0.15) is 0 Å². The van der Waals surface area contributed by atoms with E-state index in [9.17, 15) is 4.79 Å². The Balaban J connectivity index is 1.77. The van der Waals surface area contributed by atoms with Crippen molar-refractivity contribution in [2.45, 2.75) is 20.4 Å². The molecule has 0 bridgehead atoms. The Morgan fingerprint density at radius 3 is 2.68 bits per heavy atom. The molecular formula is C21H21ClN4O2. The average molecular weight is 397 g/mol. The van der Waals surface area contributed by atoms with Crippen LogP contribution in [-0.4, -0.2) is 23.0 Å². The van der Waals surface area contributed by atoms with Gasteiger partial charge in [0.15, 0.2) is 0 Å². The Morgan fingerprint density at radius 1 is 1.11 bits per heavy atom. The second kappa shape index (κ2) is 8.71. The van der Waals surface area contributed by atoms with E-state index >= 15 is 0 Å². The summed E-state index contributed by atoms with van der Waals surface area (Å²) < 4.78 is 5.35. The highest BCUT2D eigenvalue weighted by atomic mass is 35.5. The molecule has 0 aliphatic heterocycles. The van der Waals surface area contributed by atoms with Gasteiger partial charge in [0.25, 0.3) is 5.91 Å². The van der Waals surface area contributed by atoms with Gasteiger partial charge in [-0.1, -0.05) is 35.9 Å². The first kappa shape index (κ1) is 19.6. The molecule has 2 aromatic carbocycles. The molecule has 0 fully saturated rings. The van der Waals surface area contributed by atoms with Gasteiger partial charge in [-0.05, 0) is 43.7 Å². The lowest BCUT2D eigenvalue weighted by molar-refractivity contribution is 0.102. The molecular weight excluding hydrogens is 376 g/mol. The summed E-state index contributed by atoms with van der Waals surface area (Å²) in [5, 5.41) is 6.56. The number of methoxy groups -OCH3 is 1. The van der Waals surface area contributed by atoms with Crippen molar-refractivity contribution < 1.29 is 9.53 Å². The Hall–Kier alpha value is -3.12. The number of halogens is 1. The number of amides is 1. The van der Waals surface area contributed by atoms with Crippen LogP contribution in [0.2, 0.25) is 5.02 Å². The number of ether oxygens (including phenoxy) is 1. The first-order chi connectivity index (χ1) is 13.5. The van der Waals surface area contributed by atoms with E-state index in [1.54, 1.807) is 25.3 Å². The van der Waals surface area contributed by atoms with Crippen LogP contribution in [0.1, 0.15) is 27.3 Å². The number of benzene rings is 2. The normalized spacial score (nSPS) is 10.4. The second-order valence-corrected chi connectivity index (χ2v) is 6.73. The summed E-state index contributed by atoms with van der Waals surface area (Å²) in [5.74, 6) is 0.826. The molecule has 1 aromatic heterocycles. The maximum Gasteiger partial charge on any atom is 0.274 e. The largest absolute Gasteiger partial charge is 0.496 e. The highest BCUT2D eigenvalue weighted by Crippen LogP contribution is 2.21. The molecule has 0 radical (unpaired) electrons. The number of nitrogens with zero attached hydrogens (tertiary/aromatic N) is 2. The molecule has 7 heteroatoms. The number of rotatable bonds is 6. The molecule has 1 amide bonds. The number of carbonyl (C=O) groups excluding carboxylic acids is 1. The molecule has 0 aliphatic rings. The van der Waals surface area contributed by atoms with Gasteiger partial charge in [0.05, 0.1) is 7.11 Å². The molecule has 28 heavy (non-hydrogen) atoms. The Kier molecular flexibility index (Phi) is 6.11. The highest BCUT2D eigenvalue weighted by Gasteiger charge is 2.13. The minimum atomic E-state index is -0.323. The van der Waals surface area contributed by atoms with E-state index in [4.69, 9.17) is 16.3 Å². The molecule has 144 valence electrons. The predicted molar refractivity (Wildman–Crippen MR) is 111 cm³/mol. The van der Waals surface area contributed by atoms with Crippen LogP contribution < -0.4 is 15.4 Å². The van der Waals surface area contributed by atoms with Crippen LogP contribution in [0.3, 0.4) is 0 Å². The number of carbonyl (C=O) groups is 1. The monoisotopic (exact) mass is 396 g/mol. The van der Waals surface area contributed by atoms with Crippen LogP contribution in [0.15, 0.2) is 48.5 Å². The Labute approximate surface area is 168 Å². The maximum atomic E-state index is 12.7. The van der Waals surface area contributed by atoms with Crippen molar-refractivity contribution in [3.8, 4) is 5.75 Å². The van der Waals surface area contributed by atoms with E-state index in [0.29, 0.717) is 28.9 Å². The van der Waals surface area contributed by atoms with Gasteiger partial charge < -0.3 is 15.4 Å². The van der Waals surface area contributed by atoms with Crippen molar-refractivity contribution in [2.24, 2.45) is 0 Å². The molecule has 1 heterocycles. The fourth-order valence-corrected chi connectivity index (χ4v) is 2.87. The third-order valence-electron chi connectivity index (χ3n) is 4.16. The van der Waals surface area contributed by atoms with Crippen molar-refractivity contribution in [1.82, 2.24) is 9.97 Å². The van der Waals surface area contributed by atoms with E-state index in [2.05, 4.69) is 20.6 Å². The summed E-state index contributed by atoms with van der Waals surface area (Å²) in [6, 6.07) is 14.7. The molecule has 3 aromatic rings. The zero-order valence-corrected chi connectivity index (χ0v) is 16.7. The molecule has 0 saturated heterocycles. The van der Waals surface area contributed by atoms with Crippen molar-refractivity contribution >= 4 is 29.1 Å². The minimum absolute atomic E-state index is 0.273. The molecule has 0 saturated carbocycles. The molecule has 2 N–H and O–H groups in total. The average Bonchev–Trinajstić information content (AvgIpc) is 2.69. The fraction of sp³-hybridized carbons (Fsp3) is 0.190. The van der Waals surface area contributed by atoms with Gasteiger partial charge in [-0.25, -0.2) is 9.97 Å². The first-order valence-electron chi connectivity index (χ1n) is 8.75. The van der Waals surface area contributed by atoms with Gasteiger partial charge >= 0.3 is 0 Å². The number of nitrogens with one attached hydrogen (secondary N) is 2. The fourth-order valence-electron chi connectivity index (χ4n) is 2.70. The summed E-state index contributed by atoms with van der Waals surface area (Å²) in [6.07, 6.45) is 0. The smallest absolute Gasteiger partial charge is 0.274 e. The molecule has 0 spiro atoms. The summed E-state index contributed by atoms with van der Waals surface area (Å²) in [5.41, 5.74) is 3.49. The van der Waals surface area contributed by atoms with Crippen LogP contribution in [0.5, 0.6) is 5.75 Å². The van der Waals surface area contributed by atoms with E-state index in [1.165, 1.54) is 0 Å². The second-order valence-electron chi connectivity index (χ2n) is 6.30. The SMILES string of the molecule is COc1ccccc1CNc1nc(C)cc(C(=O)Nc2cc(Cl)ccc2C)n1. The van der Waals surface area contributed by atoms with Crippen molar-refractivity contribution in [1.29, 1.82) is 0 Å². The quantitative estimate of drug-likeness (QED) is 0.635. The zero-order chi connectivity index (χ0) is 20.1. The van der Waals surface area contributed by atoms with Gasteiger partial charge in [0.1, 0.15) is 11.4 Å². The number of hydrogen-bond acceptors (Lipinski definition) is 5. The van der Waals surface area contributed by atoms with E-state index < -0.39 is 0 Å². The topological polar surface area (TPSA) is 76.1 Å². The minimum Gasteiger partial charge on any atom is -0.496 e. The van der Waals surface area contributed by atoms with Crippen LogP contribution in [-0.2, 0) is 6.54 Å². The van der Waals surface area contributed by atoms with Gasteiger partial charge in [-0.3, -0.25) is 4.79 Å². The van der Waals surface area contributed by atoms with Crippen molar-refractivity contribution in [3.63, 3.8) is 0 Å². The molecule has 0 unspecified atom stereocenters. The van der Waals surface area contributed by atoms with Crippen LogP contribution in [0.25, 0.3) is 0 Å². The van der Waals surface area contributed by atoms with Crippen molar-refractivity contribution in [2.75, 3.05) is 17.7 Å². The van der Waals surface area contributed by atoms with Crippen molar-refractivity contribution in [3.05, 3.63) is 76.1 Å². The third-order valence-corrected chi connectivity index (χ3v) is 4.40. The lowest BCUT2D eigenvalue weighted by atomic mass is 10.2. The van der Waals surface area contributed by atoms with E-state index in [1.807, 2.05) is 44.2 Å². The first-order valence-corrected chi connectivity index (χ1v) is 9.13. The van der Waals surface area contributed by atoms with Gasteiger partial charge in [0.2, 0.25) is 5.95 Å². The number of hydrogen-bond donors (Lipinski definition) is 2. The Morgan fingerprint density at radius 2 is 1.89 bits per heavy atom. The molecule has 3 rings (SSSR count). The molecule has 0 atom stereocenters. The summed E-state index contributed by atoms with van der Waals surface area (Å²) in [6.45, 7) is 4.19. The van der Waals surface area contributed by atoms with Gasteiger partial charge in [0, 0.05) is 28.5 Å². The number of para-hydroxylation sites is 1. The summed E-state index contributed by atoms with van der Waals surface area (Å²) in [4.78, 5) is 21.4.